The van der Waals surface area contributed by atoms with E-state index in [-0.39, 0.29) is 19.1 Å². The predicted molar refractivity (Wildman–Crippen MR) is 100 cm³/mol. The number of aliphatic hydroxyl groups is 1. The molecule has 26 heavy (non-hydrogen) atoms. The van der Waals surface area contributed by atoms with Crippen LogP contribution in [0.5, 0.6) is 0 Å². The Hall–Kier alpha value is -3.25. The molecule has 0 spiro atoms. The van der Waals surface area contributed by atoms with Gasteiger partial charge in [0.25, 0.3) is 5.91 Å². The summed E-state index contributed by atoms with van der Waals surface area (Å²) in [4.78, 5) is 12.0. The van der Waals surface area contributed by atoms with E-state index in [0.29, 0.717) is 5.56 Å². The van der Waals surface area contributed by atoms with Gasteiger partial charge in [0.15, 0.2) is 11.5 Å². The summed E-state index contributed by atoms with van der Waals surface area (Å²) in [7, 11) is 0. The van der Waals surface area contributed by atoms with E-state index in [9.17, 15) is 4.79 Å². The number of nitrogens with zero attached hydrogens (tertiary/aromatic N) is 3. The van der Waals surface area contributed by atoms with Gasteiger partial charge in [-0.25, -0.2) is 0 Å². The number of carbonyl (C=O) groups is 1. The maximum Gasteiger partial charge on any atom is 0.251 e. The Morgan fingerprint density at radius 2 is 1.88 bits per heavy atom. The lowest BCUT2D eigenvalue weighted by atomic mass is 10.1. The first-order valence-electron chi connectivity index (χ1n) is 8.42. The maximum absolute atomic E-state index is 12.0. The minimum Gasteiger partial charge on any atom is -0.395 e. The summed E-state index contributed by atoms with van der Waals surface area (Å²) in [6.07, 6.45) is 0. The Balaban J connectivity index is 1.80. The quantitative estimate of drug-likeness (QED) is 0.595. The van der Waals surface area contributed by atoms with Gasteiger partial charge in [-0.15, -0.1) is 10.2 Å². The van der Waals surface area contributed by atoms with Crippen molar-refractivity contribution < 1.29 is 9.90 Å². The van der Waals surface area contributed by atoms with E-state index in [2.05, 4.69) is 34.6 Å². The van der Waals surface area contributed by atoms with Crippen LogP contribution in [0.4, 0.5) is 0 Å². The average molecular weight is 346 g/mol. The Morgan fingerprint density at radius 1 is 1.12 bits per heavy atom. The number of pyridine rings is 1. The van der Waals surface area contributed by atoms with Gasteiger partial charge in [-0.2, -0.15) is 0 Å². The molecular formula is C20H18N4O2. The average Bonchev–Trinajstić information content (AvgIpc) is 3.10. The number of nitrogens with one attached hydrogen (secondary N) is 1. The summed E-state index contributed by atoms with van der Waals surface area (Å²) in [5.74, 6) is 0.524. The van der Waals surface area contributed by atoms with E-state index in [1.165, 1.54) is 0 Å². The van der Waals surface area contributed by atoms with Crippen LogP contribution >= 0.6 is 0 Å². The Bertz CT molecular complexity index is 1100. The monoisotopic (exact) mass is 346 g/mol. The number of amides is 1. The van der Waals surface area contributed by atoms with Crippen molar-refractivity contribution >= 4 is 22.5 Å². The van der Waals surface area contributed by atoms with Crippen LogP contribution < -0.4 is 5.32 Å². The molecule has 2 N–H and O–H groups in total. The summed E-state index contributed by atoms with van der Waals surface area (Å²) < 4.78 is 2.03. The van der Waals surface area contributed by atoms with E-state index in [1.54, 1.807) is 12.1 Å². The van der Waals surface area contributed by atoms with Gasteiger partial charge >= 0.3 is 0 Å². The Kier molecular flexibility index (Phi) is 4.10. The fourth-order valence-electron chi connectivity index (χ4n) is 3.13. The molecule has 6 nitrogen and oxygen atoms in total. The van der Waals surface area contributed by atoms with Crippen LogP contribution in [-0.2, 0) is 0 Å². The zero-order valence-corrected chi connectivity index (χ0v) is 14.3. The summed E-state index contributed by atoms with van der Waals surface area (Å²) in [5.41, 5.74) is 4.41. The van der Waals surface area contributed by atoms with Gasteiger partial charge in [0.05, 0.1) is 12.1 Å². The minimum absolute atomic E-state index is 0.0813. The normalized spacial score (nSPS) is 11.2. The number of aliphatic hydroxyl groups excluding tert-OH is 1. The predicted octanol–water partition coefficient (Wildman–Crippen LogP) is 2.58. The Labute approximate surface area is 150 Å². The molecular weight excluding hydrogens is 328 g/mol. The summed E-state index contributed by atoms with van der Waals surface area (Å²) >= 11 is 0. The van der Waals surface area contributed by atoms with Crippen LogP contribution in [0.1, 0.15) is 15.9 Å². The van der Waals surface area contributed by atoms with Crippen molar-refractivity contribution in [2.45, 2.75) is 6.92 Å². The minimum atomic E-state index is -0.210. The van der Waals surface area contributed by atoms with Crippen molar-refractivity contribution in [3.63, 3.8) is 0 Å². The van der Waals surface area contributed by atoms with E-state index >= 15 is 0 Å². The molecule has 0 radical (unpaired) electrons. The highest BCUT2D eigenvalue weighted by Gasteiger charge is 2.13. The number of carbonyl (C=O) groups excluding carboxylic acids is 1. The van der Waals surface area contributed by atoms with Gasteiger partial charge in [0.1, 0.15) is 0 Å². The largest absolute Gasteiger partial charge is 0.395 e. The number of aryl methyl sites for hydroxylation is 1. The van der Waals surface area contributed by atoms with E-state index in [4.69, 9.17) is 5.11 Å². The van der Waals surface area contributed by atoms with E-state index in [0.717, 1.165) is 33.5 Å². The first kappa shape index (κ1) is 16.2. The molecule has 0 atom stereocenters. The molecule has 0 fully saturated rings. The molecule has 0 bridgehead atoms. The van der Waals surface area contributed by atoms with Crippen molar-refractivity contribution in [3.05, 3.63) is 65.7 Å². The SMILES string of the molecule is Cc1cc2nnc(-c3ccc(C(=O)NCCO)cc3)n2c2ccccc12. The van der Waals surface area contributed by atoms with Gasteiger partial charge in [-0.1, -0.05) is 30.3 Å². The van der Waals surface area contributed by atoms with Crippen LogP contribution in [-0.4, -0.2) is 38.8 Å². The van der Waals surface area contributed by atoms with Crippen molar-refractivity contribution in [3.8, 4) is 11.4 Å². The highest BCUT2D eigenvalue weighted by atomic mass is 16.3. The number of aromatic nitrogens is 3. The molecule has 2 heterocycles. The van der Waals surface area contributed by atoms with E-state index in [1.807, 2.05) is 34.7 Å². The number of para-hydroxylation sites is 1. The van der Waals surface area contributed by atoms with Crippen molar-refractivity contribution in [2.24, 2.45) is 0 Å². The van der Waals surface area contributed by atoms with Crippen LogP contribution in [0.2, 0.25) is 0 Å². The first-order valence-corrected chi connectivity index (χ1v) is 8.42. The smallest absolute Gasteiger partial charge is 0.251 e. The first-order chi connectivity index (χ1) is 12.7. The van der Waals surface area contributed by atoms with Crippen molar-refractivity contribution in [2.75, 3.05) is 13.2 Å². The molecule has 0 aliphatic heterocycles. The zero-order chi connectivity index (χ0) is 18.1. The second-order valence-electron chi connectivity index (χ2n) is 6.12. The fourth-order valence-corrected chi connectivity index (χ4v) is 3.13. The zero-order valence-electron chi connectivity index (χ0n) is 14.3. The molecule has 0 saturated heterocycles. The lowest BCUT2D eigenvalue weighted by Crippen LogP contribution is -2.26. The van der Waals surface area contributed by atoms with Gasteiger partial charge in [-0.05, 0) is 36.8 Å². The lowest BCUT2D eigenvalue weighted by molar-refractivity contribution is 0.0945. The third kappa shape index (κ3) is 2.70. The number of fused-ring (bicyclic) bond motifs is 3. The molecule has 2 aromatic heterocycles. The van der Waals surface area contributed by atoms with Crippen LogP contribution in [0.3, 0.4) is 0 Å². The molecule has 4 aromatic rings. The number of rotatable bonds is 4. The van der Waals surface area contributed by atoms with Gasteiger partial charge < -0.3 is 10.4 Å². The van der Waals surface area contributed by atoms with Crippen molar-refractivity contribution in [1.29, 1.82) is 0 Å². The van der Waals surface area contributed by atoms with Gasteiger partial charge in [-0.3, -0.25) is 9.20 Å². The second-order valence-corrected chi connectivity index (χ2v) is 6.12. The topological polar surface area (TPSA) is 79.5 Å². The molecule has 1 amide bonds. The van der Waals surface area contributed by atoms with Gasteiger partial charge in [0, 0.05) is 23.1 Å². The molecule has 6 heteroatoms. The lowest BCUT2D eigenvalue weighted by Gasteiger charge is -2.08. The number of hydrogen-bond donors (Lipinski definition) is 2. The third-order valence-electron chi connectivity index (χ3n) is 4.41. The highest BCUT2D eigenvalue weighted by Crippen LogP contribution is 2.26. The maximum atomic E-state index is 12.0. The molecule has 4 rings (SSSR count). The molecule has 0 saturated carbocycles. The standard InChI is InChI=1S/C20H18N4O2/c1-13-12-18-22-23-19(24(18)17-5-3-2-4-16(13)17)14-6-8-15(9-7-14)20(26)21-10-11-25/h2-9,12,25H,10-11H2,1H3,(H,21,26). The van der Waals surface area contributed by atoms with Crippen LogP contribution in [0, 0.1) is 6.92 Å². The summed E-state index contributed by atoms with van der Waals surface area (Å²) in [6.45, 7) is 2.22. The molecule has 0 aliphatic rings. The third-order valence-corrected chi connectivity index (χ3v) is 4.41. The number of benzene rings is 2. The second kappa shape index (κ2) is 6.57. The van der Waals surface area contributed by atoms with Crippen LogP contribution in [0.25, 0.3) is 27.9 Å². The van der Waals surface area contributed by atoms with Crippen molar-refractivity contribution in [1.82, 2.24) is 19.9 Å². The highest BCUT2D eigenvalue weighted by molar-refractivity contribution is 5.94. The summed E-state index contributed by atoms with van der Waals surface area (Å²) in [5, 5.41) is 21.3. The Morgan fingerprint density at radius 3 is 2.65 bits per heavy atom. The molecule has 0 unspecified atom stereocenters. The number of hydrogen-bond acceptors (Lipinski definition) is 4. The van der Waals surface area contributed by atoms with Gasteiger partial charge in [0.2, 0.25) is 0 Å². The molecule has 0 aliphatic carbocycles. The summed E-state index contributed by atoms with van der Waals surface area (Å²) in [6, 6.07) is 17.4. The molecule has 2 aromatic carbocycles. The van der Waals surface area contributed by atoms with Crippen LogP contribution in [0.15, 0.2) is 54.6 Å². The van der Waals surface area contributed by atoms with E-state index < -0.39 is 0 Å². The molecule has 130 valence electrons. The fraction of sp³-hybridized carbons (Fsp3) is 0.150.